The first-order chi connectivity index (χ1) is 8.54. The third kappa shape index (κ3) is 4.96. The lowest BCUT2D eigenvalue weighted by atomic mass is 10.0. The van der Waals surface area contributed by atoms with Gasteiger partial charge in [0.1, 0.15) is 5.82 Å². The first-order valence-corrected chi connectivity index (χ1v) is 7.36. The fourth-order valence-corrected chi connectivity index (χ4v) is 3.21. The molecule has 0 radical (unpaired) electrons. The maximum Gasteiger partial charge on any atom is 0.123 e. The van der Waals surface area contributed by atoms with E-state index in [9.17, 15) is 4.39 Å². The van der Waals surface area contributed by atoms with E-state index in [0.29, 0.717) is 0 Å². The largest absolute Gasteiger partial charge is 0.326 e. The second-order valence-corrected chi connectivity index (χ2v) is 5.97. The van der Waals surface area contributed by atoms with Gasteiger partial charge in [0.2, 0.25) is 0 Å². The Morgan fingerprint density at radius 2 is 1.89 bits per heavy atom. The smallest absolute Gasteiger partial charge is 0.123 e. The Labute approximate surface area is 114 Å². The van der Waals surface area contributed by atoms with Crippen LogP contribution in [0.15, 0.2) is 24.3 Å². The number of halogens is 1. The Morgan fingerprint density at radius 3 is 2.39 bits per heavy atom. The van der Waals surface area contributed by atoms with E-state index in [1.807, 2.05) is 23.9 Å². The number of thioether (sulfide) groups is 1. The average molecular weight is 270 g/mol. The van der Waals surface area contributed by atoms with Gasteiger partial charge in [0.05, 0.1) is 0 Å². The van der Waals surface area contributed by atoms with Gasteiger partial charge in [-0.3, -0.25) is 0 Å². The molecule has 2 unspecified atom stereocenters. The molecule has 1 aromatic rings. The Morgan fingerprint density at radius 1 is 1.28 bits per heavy atom. The van der Waals surface area contributed by atoms with Gasteiger partial charge in [-0.2, -0.15) is 11.8 Å². The molecule has 0 saturated heterocycles. The van der Waals surface area contributed by atoms with Gasteiger partial charge < -0.3 is 10.6 Å². The number of hydrogen-bond donors (Lipinski definition) is 1. The lowest BCUT2D eigenvalue weighted by Gasteiger charge is -2.23. The van der Waals surface area contributed by atoms with Crippen LogP contribution in [-0.4, -0.2) is 37.3 Å². The van der Waals surface area contributed by atoms with Crippen LogP contribution in [0.25, 0.3) is 0 Å². The minimum Gasteiger partial charge on any atom is -0.326 e. The molecular formula is C14H23FN2S. The van der Waals surface area contributed by atoms with Gasteiger partial charge >= 0.3 is 0 Å². The van der Waals surface area contributed by atoms with E-state index < -0.39 is 0 Å². The van der Waals surface area contributed by atoms with Gasteiger partial charge in [0, 0.05) is 23.6 Å². The Kier molecular flexibility index (Phi) is 6.68. The summed E-state index contributed by atoms with van der Waals surface area (Å²) >= 11 is 1.85. The molecule has 1 aromatic carbocycles. The molecule has 2 nitrogen and oxygen atoms in total. The van der Waals surface area contributed by atoms with Crippen LogP contribution in [-0.2, 0) is 0 Å². The Balaban J connectivity index is 2.68. The second-order valence-electron chi connectivity index (χ2n) is 4.72. The maximum absolute atomic E-state index is 12.9. The molecule has 0 aliphatic carbocycles. The quantitative estimate of drug-likeness (QED) is 0.826. The molecular weight excluding hydrogens is 247 g/mol. The molecule has 0 heterocycles. The molecule has 1 rings (SSSR count). The predicted octanol–water partition coefficient (Wildman–Crippen LogP) is 2.90. The molecule has 2 atom stereocenters. The molecule has 0 saturated carbocycles. The van der Waals surface area contributed by atoms with E-state index >= 15 is 0 Å². The van der Waals surface area contributed by atoms with Crippen LogP contribution in [0.4, 0.5) is 4.39 Å². The zero-order valence-electron chi connectivity index (χ0n) is 11.4. The van der Waals surface area contributed by atoms with Crippen molar-refractivity contribution < 1.29 is 4.39 Å². The van der Waals surface area contributed by atoms with Crippen molar-refractivity contribution in [1.29, 1.82) is 0 Å². The highest BCUT2D eigenvalue weighted by molar-refractivity contribution is 7.99. The summed E-state index contributed by atoms with van der Waals surface area (Å²) in [5.74, 6) is 0.837. The number of hydrogen-bond acceptors (Lipinski definition) is 3. The van der Waals surface area contributed by atoms with Crippen LogP contribution in [0, 0.1) is 5.82 Å². The van der Waals surface area contributed by atoms with Gasteiger partial charge in [0.25, 0.3) is 0 Å². The zero-order valence-corrected chi connectivity index (χ0v) is 12.2. The molecule has 18 heavy (non-hydrogen) atoms. The topological polar surface area (TPSA) is 29.3 Å². The van der Waals surface area contributed by atoms with Gasteiger partial charge in [-0.1, -0.05) is 19.1 Å². The van der Waals surface area contributed by atoms with Crippen molar-refractivity contribution in [3.05, 3.63) is 35.6 Å². The van der Waals surface area contributed by atoms with Crippen LogP contribution < -0.4 is 5.73 Å². The highest BCUT2D eigenvalue weighted by Crippen LogP contribution is 2.32. The minimum absolute atomic E-state index is 0.114. The molecule has 102 valence electrons. The van der Waals surface area contributed by atoms with Crippen LogP contribution in [0.1, 0.15) is 24.2 Å². The fourth-order valence-electron chi connectivity index (χ4n) is 1.70. The van der Waals surface area contributed by atoms with E-state index in [1.165, 1.54) is 12.1 Å². The zero-order chi connectivity index (χ0) is 13.5. The highest BCUT2D eigenvalue weighted by atomic mass is 32.2. The third-order valence-electron chi connectivity index (χ3n) is 2.89. The molecule has 0 aromatic heterocycles. The van der Waals surface area contributed by atoms with E-state index in [0.717, 1.165) is 24.3 Å². The number of nitrogens with zero attached hydrogens (tertiary/aromatic N) is 1. The van der Waals surface area contributed by atoms with Crippen molar-refractivity contribution in [2.75, 3.05) is 26.4 Å². The van der Waals surface area contributed by atoms with E-state index in [4.69, 9.17) is 5.73 Å². The third-order valence-corrected chi connectivity index (χ3v) is 4.29. The van der Waals surface area contributed by atoms with Crippen molar-refractivity contribution in [2.24, 2.45) is 5.73 Å². The lowest BCUT2D eigenvalue weighted by molar-refractivity contribution is 0.437. The molecule has 0 bridgehead atoms. The summed E-state index contributed by atoms with van der Waals surface area (Å²) in [7, 11) is 4.13. The normalized spacial score (nSPS) is 14.8. The molecule has 0 amide bonds. The van der Waals surface area contributed by atoms with Gasteiger partial charge in [-0.05, 0) is 38.2 Å². The summed E-state index contributed by atoms with van der Waals surface area (Å²) in [5.41, 5.74) is 7.30. The summed E-state index contributed by atoms with van der Waals surface area (Å²) in [6.45, 7) is 3.12. The SMILES string of the molecule is CCC(N)C(SCCN(C)C)c1ccc(F)cc1. The van der Waals surface area contributed by atoms with Crippen molar-refractivity contribution >= 4 is 11.8 Å². The number of nitrogens with two attached hydrogens (primary N) is 1. The Hall–Kier alpha value is -0.580. The molecule has 0 fully saturated rings. The standard InChI is InChI=1S/C14H23FN2S/c1-4-13(16)14(18-10-9-17(2)3)11-5-7-12(15)8-6-11/h5-8,13-14H,4,9-10,16H2,1-3H3. The lowest BCUT2D eigenvalue weighted by Crippen LogP contribution is -2.27. The van der Waals surface area contributed by atoms with Crippen molar-refractivity contribution in [1.82, 2.24) is 4.90 Å². The first kappa shape index (κ1) is 15.5. The van der Waals surface area contributed by atoms with Gasteiger partial charge in [-0.25, -0.2) is 4.39 Å². The monoisotopic (exact) mass is 270 g/mol. The predicted molar refractivity (Wildman–Crippen MR) is 78.4 cm³/mol. The van der Waals surface area contributed by atoms with E-state index in [-0.39, 0.29) is 17.1 Å². The molecule has 0 aliphatic rings. The van der Waals surface area contributed by atoms with Crippen LogP contribution in [0.3, 0.4) is 0 Å². The van der Waals surface area contributed by atoms with Crippen molar-refractivity contribution in [2.45, 2.75) is 24.6 Å². The average Bonchev–Trinajstić information content (AvgIpc) is 2.35. The highest BCUT2D eigenvalue weighted by Gasteiger charge is 2.18. The number of benzene rings is 1. The second kappa shape index (κ2) is 7.77. The van der Waals surface area contributed by atoms with Gasteiger partial charge in [0.15, 0.2) is 0 Å². The minimum atomic E-state index is -0.194. The molecule has 4 heteroatoms. The summed E-state index contributed by atoms with van der Waals surface area (Å²) < 4.78 is 12.9. The molecule has 0 aliphatic heterocycles. The van der Waals surface area contributed by atoms with E-state index in [2.05, 4.69) is 25.9 Å². The summed E-state index contributed by atoms with van der Waals surface area (Å²) in [6.07, 6.45) is 0.928. The number of rotatable bonds is 7. The molecule has 2 N–H and O–H groups in total. The summed E-state index contributed by atoms with van der Waals surface area (Å²) in [4.78, 5) is 2.16. The van der Waals surface area contributed by atoms with E-state index in [1.54, 1.807) is 0 Å². The maximum atomic E-state index is 12.9. The van der Waals surface area contributed by atoms with Crippen LogP contribution in [0.2, 0.25) is 0 Å². The van der Waals surface area contributed by atoms with Crippen LogP contribution in [0.5, 0.6) is 0 Å². The summed E-state index contributed by atoms with van der Waals surface area (Å²) in [5, 5.41) is 0.246. The first-order valence-electron chi connectivity index (χ1n) is 6.32. The molecule has 0 spiro atoms. The van der Waals surface area contributed by atoms with Crippen molar-refractivity contribution in [3.63, 3.8) is 0 Å². The van der Waals surface area contributed by atoms with Crippen LogP contribution >= 0.6 is 11.8 Å². The fraction of sp³-hybridized carbons (Fsp3) is 0.571. The van der Waals surface area contributed by atoms with Crippen molar-refractivity contribution in [3.8, 4) is 0 Å². The Bertz CT molecular complexity index is 340. The summed E-state index contributed by atoms with van der Waals surface area (Å²) in [6, 6.07) is 6.83. The van der Waals surface area contributed by atoms with Gasteiger partial charge in [-0.15, -0.1) is 0 Å².